The quantitative estimate of drug-likeness (QED) is 0.638. The Bertz CT molecular complexity index is 225. The lowest BCUT2D eigenvalue weighted by Crippen LogP contribution is -2.52. The zero-order valence-electron chi connectivity index (χ0n) is 9.41. The molecule has 0 aliphatic carbocycles. The molecule has 6 nitrogen and oxygen atoms in total. The Hall–Kier alpha value is -0.850. The van der Waals surface area contributed by atoms with Crippen LogP contribution in [0.25, 0.3) is 0 Å². The van der Waals surface area contributed by atoms with Gasteiger partial charge in [0.25, 0.3) is 0 Å². The predicted octanol–water partition coefficient (Wildman–Crippen LogP) is -0.983. The molecule has 0 aromatic rings. The molecule has 1 unspecified atom stereocenters. The zero-order chi connectivity index (χ0) is 11.2. The van der Waals surface area contributed by atoms with Crippen molar-refractivity contribution < 1.29 is 14.3 Å². The number of carbonyl (C=O) groups is 1. The van der Waals surface area contributed by atoms with Crippen LogP contribution in [0.5, 0.6) is 0 Å². The van der Waals surface area contributed by atoms with Crippen molar-refractivity contribution >= 4 is 6.03 Å². The van der Waals surface area contributed by atoms with Gasteiger partial charge in [0.1, 0.15) is 0 Å². The molecule has 0 aromatic heterocycles. The molecule has 1 atom stereocenters. The van der Waals surface area contributed by atoms with Crippen LogP contribution < -0.4 is 10.6 Å². The molecular weight excluding hydrogens is 210 g/mol. The summed E-state index contributed by atoms with van der Waals surface area (Å²) in [5, 5.41) is 6.21. The molecule has 16 heavy (non-hydrogen) atoms. The van der Waals surface area contributed by atoms with Gasteiger partial charge in [0.05, 0.1) is 26.4 Å². The number of morpholine rings is 2. The highest BCUT2D eigenvalue weighted by Crippen LogP contribution is 1.97. The van der Waals surface area contributed by atoms with Gasteiger partial charge in [0.15, 0.2) is 0 Å². The highest BCUT2D eigenvalue weighted by atomic mass is 16.5. The zero-order valence-corrected chi connectivity index (χ0v) is 9.41. The van der Waals surface area contributed by atoms with Crippen molar-refractivity contribution in [2.45, 2.75) is 6.04 Å². The average molecular weight is 229 g/mol. The molecule has 2 fully saturated rings. The Morgan fingerprint density at radius 2 is 2.12 bits per heavy atom. The van der Waals surface area contributed by atoms with Gasteiger partial charge < -0.3 is 25.0 Å². The normalized spacial score (nSPS) is 26.5. The van der Waals surface area contributed by atoms with E-state index in [2.05, 4.69) is 10.6 Å². The summed E-state index contributed by atoms with van der Waals surface area (Å²) >= 11 is 0. The minimum Gasteiger partial charge on any atom is -0.378 e. The molecule has 2 aliphatic heterocycles. The van der Waals surface area contributed by atoms with Crippen LogP contribution in [-0.2, 0) is 9.47 Å². The van der Waals surface area contributed by atoms with Gasteiger partial charge in [-0.2, -0.15) is 0 Å². The first-order valence-corrected chi connectivity index (χ1v) is 5.78. The molecule has 2 heterocycles. The topological polar surface area (TPSA) is 62.8 Å². The monoisotopic (exact) mass is 229 g/mol. The molecule has 2 amide bonds. The number of rotatable bonds is 2. The van der Waals surface area contributed by atoms with Crippen molar-refractivity contribution in [3.05, 3.63) is 0 Å². The summed E-state index contributed by atoms with van der Waals surface area (Å²) in [5.41, 5.74) is 0. The first kappa shape index (κ1) is 11.6. The van der Waals surface area contributed by atoms with E-state index in [1.54, 1.807) is 4.90 Å². The van der Waals surface area contributed by atoms with Crippen molar-refractivity contribution in [1.29, 1.82) is 0 Å². The number of ether oxygens (including phenoxy) is 2. The van der Waals surface area contributed by atoms with Crippen LogP contribution in [0, 0.1) is 0 Å². The summed E-state index contributed by atoms with van der Waals surface area (Å²) in [6.07, 6.45) is 0. The number of carbonyl (C=O) groups excluding carboxylic acids is 1. The van der Waals surface area contributed by atoms with Gasteiger partial charge in [0, 0.05) is 32.2 Å². The van der Waals surface area contributed by atoms with Crippen LogP contribution in [0.4, 0.5) is 4.79 Å². The van der Waals surface area contributed by atoms with E-state index in [0.717, 1.165) is 13.2 Å². The van der Waals surface area contributed by atoms with Crippen molar-refractivity contribution in [3.63, 3.8) is 0 Å². The molecule has 0 spiro atoms. The van der Waals surface area contributed by atoms with Crippen LogP contribution >= 0.6 is 0 Å². The van der Waals surface area contributed by atoms with Crippen LogP contribution in [-0.4, -0.2) is 69.6 Å². The summed E-state index contributed by atoms with van der Waals surface area (Å²) in [6.45, 7) is 5.54. The maximum absolute atomic E-state index is 11.7. The Morgan fingerprint density at radius 3 is 2.81 bits per heavy atom. The fourth-order valence-corrected chi connectivity index (χ4v) is 1.84. The lowest BCUT2D eigenvalue weighted by atomic mass is 10.3. The second-order valence-corrected chi connectivity index (χ2v) is 4.01. The van der Waals surface area contributed by atoms with E-state index in [4.69, 9.17) is 9.47 Å². The predicted molar refractivity (Wildman–Crippen MR) is 58.4 cm³/mol. The van der Waals surface area contributed by atoms with E-state index in [1.807, 2.05) is 0 Å². The fraction of sp³-hybridized carbons (Fsp3) is 0.900. The van der Waals surface area contributed by atoms with Gasteiger partial charge in [-0.25, -0.2) is 4.79 Å². The number of nitrogens with one attached hydrogen (secondary N) is 2. The molecule has 92 valence electrons. The number of amides is 2. The van der Waals surface area contributed by atoms with Crippen LogP contribution in [0.2, 0.25) is 0 Å². The van der Waals surface area contributed by atoms with Gasteiger partial charge >= 0.3 is 6.03 Å². The molecule has 0 radical (unpaired) electrons. The molecular formula is C10H19N3O3. The average Bonchev–Trinajstić information content (AvgIpc) is 2.38. The molecule has 0 aromatic carbocycles. The van der Waals surface area contributed by atoms with Crippen molar-refractivity contribution in [2.24, 2.45) is 0 Å². The third-order valence-corrected chi connectivity index (χ3v) is 2.80. The smallest absolute Gasteiger partial charge is 0.317 e. The van der Waals surface area contributed by atoms with E-state index in [9.17, 15) is 4.79 Å². The third kappa shape index (κ3) is 3.33. The van der Waals surface area contributed by atoms with Gasteiger partial charge in [-0.1, -0.05) is 0 Å². The Labute approximate surface area is 95.3 Å². The lowest BCUT2D eigenvalue weighted by Gasteiger charge is -2.29. The number of hydrogen-bond donors (Lipinski definition) is 2. The van der Waals surface area contributed by atoms with E-state index >= 15 is 0 Å². The van der Waals surface area contributed by atoms with Gasteiger partial charge in [-0.15, -0.1) is 0 Å². The molecule has 2 N–H and O–H groups in total. The second kappa shape index (κ2) is 6.03. The Kier molecular flexibility index (Phi) is 4.38. The van der Waals surface area contributed by atoms with Crippen molar-refractivity contribution in [3.8, 4) is 0 Å². The van der Waals surface area contributed by atoms with Gasteiger partial charge in [-0.05, 0) is 0 Å². The fourth-order valence-electron chi connectivity index (χ4n) is 1.84. The summed E-state index contributed by atoms with van der Waals surface area (Å²) in [6, 6.07) is 0.231. The second-order valence-electron chi connectivity index (χ2n) is 4.01. The molecule has 2 rings (SSSR count). The largest absolute Gasteiger partial charge is 0.378 e. The number of urea groups is 1. The first-order chi connectivity index (χ1) is 7.86. The highest BCUT2D eigenvalue weighted by Gasteiger charge is 2.18. The van der Waals surface area contributed by atoms with Crippen LogP contribution in [0.1, 0.15) is 0 Å². The van der Waals surface area contributed by atoms with E-state index in [-0.39, 0.29) is 12.1 Å². The lowest BCUT2D eigenvalue weighted by molar-refractivity contribution is 0.0513. The molecule has 0 bridgehead atoms. The summed E-state index contributed by atoms with van der Waals surface area (Å²) in [7, 11) is 0. The van der Waals surface area contributed by atoms with Gasteiger partial charge in [-0.3, -0.25) is 0 Å². The summed E-state index contributed by atoms with van der Waals surface area (Å²) in [4.78, 5) is 13.5. The van der Waals surface area contributed by atoms with Crippen LogP contribution in [0.3, 0.4) is 0 Å². The molecule has 2 aliphatic rings. The minimum absolute atomic E-state index is 0.00401. The van der Waals surface area contributed by atoms with Crippen molar-refractivity contribution in [2.75, 3.05) is 52.6 Å². The minimum atomic E-state index is -0.00401. The molecule has 6 heteroatoms. The summed E-state index contributed by atoms with van der Waals surface area (Å²) in [5.74, 6) is 0. The van der Waals surface area contributed by atoms with Crippen LogP contribution in [0.15, 0.2) is 0 Å². The van der Waals surface area contributed by atoms with E-state index in [0.29, 0.717) is 39.5 Å². The molecule has 2 saturated heterocycles. The molecule has 0 saturated carbocycles. The third-order valence-electron chi connectivity index (χ3n) is 2.80. The number of hydrogen-bond acceptors (Lipinski definition) is 4. The standard InChI is InChI=1S/C10H19N3O3/c14-10(13-2-5-15-6-3-13)12-7-9-8-16-4-1-11-9/h9,11H,1-8H2,(H,12,14). The summed E-state index contributed by atoms with van der Waals surface area (Å²) < 4.78 is 10.5. The highest BCUT2D eigenvalue weighted by molar-refractivity contribution is 5.74. The first-order valence-electron chi connectivity index (χ1n) is 5.78. The number of nitrogens with zero attached hydrogens (tertiary/aromatic N) is 1. The Morgan fingerprint density at radius 1 is 1.31 bits per heavy atom. The SMILES string of the molecule is O=C(NCC1COCCN1)N1CCOCC1. The Balaban J connectivity index is 1.65. The van der Waals surface area contributed by atoms with Crippen molar-refractivity contribution in [1.82, 2.24) is 15.5 Å². The van der Waals surface area contributed by atoms with Gasteiger partial charge in [0.2, 0.25) is 0 Å². The van der Waals surface area contributed by atoms with E-state index in [1.165, 1.54) is 0 Å². The maximum Gasteiger partial charge on any atom is 0.317 e. The van der Waals surface area contributed by atoms with E-state index < -0.39 is 0 Å². The maximum atomic E-state index is 11.7.